The number of nitriles is 1. The molecule has 1 aromatic carbocycles. The lowest BCUT2D eigenvalue weighted by Gasteiger charge is -2.42. The summed E-state index contributed by atoms with van der Waals surface area (Å²) in [5, 5.41) is 12.9. The first-order chi connectivity index (χ1) is 14.2. The third-order valence-corrected chi connectivity index (χ3v) is 6.99. The number of alkyl halides is 3. The SMILES string of the molecule is C[C@]12O[C@@]3(CCO[C@H]4[C@@H]3[C@@H]1C(=O)N4c1ccc(C#N)c(C(F)(F)F)c1)CC2N=[N+]=[N-]. The smallest absolute Gasteiger partial charge is 0.367 e. The first-order valence-electron chi connectivity index (χ1n) is 9.47. The highest BCUT2D eigenvalue weighted by molar-refractivity contribution is 6.00. The Morgan fingerprint density at radius 2 is 2.20 bits per heavy atom. The lowest BCUT2D eigenvalue weighted by molar-refractivity contribution is -0.141. The number of fused-ring (bicyclic) bond motifs is 2. The molecule has 1 amide bonds. The fourth-order valence-corrected chi connectivity index (χ4v) is 5.83. The maximum absolute atomic E-state index is 13.5. The Labute approximate surface area is 168 Å². The second-order valence-electron chi connectivity index (χ2n) is 8.34. The molecule has 156 valence electrons. The Kier molecular flexibility index (Phi) is 3.76. The van der Waals surface area contributed by atoms with Crippen LogP contribution in [0.15, 0.2) is 23.3 Å². The van der Waals surface area contributed by atoms with Crippen LogP contribution in [0.2, 0.25) is 0 Å². The predicted octanol–water partition coefficient (Wildman–Crippen LogP) is 3.51. The van der Waals surface area contributed by atoms with Crippen LogP contribution in [0.4, 0.5) is 18.9 Å². The van der Waals surface area contributed by atoms with Gasteiger partial charge in [-0.15, -0.1) is 0 Å². The van der Waals surface area contributed by atoms with Crippen molar-refractivity contribution in [3.8, 4) is 6.07 Å². The molecule has 4 saturated heterocycles. The standard InChI is InChI=1S/C19H16F3N5O3/c1-17-12(25-26-24)7-18(30-17)4-5-29-16-14(18)13(17)15(28)27(16)10-3-2-9(8-23)11(6-10)19(20,21)22/h2-3,6,12-14,16H,4-5,7H2,1H3/t12?,13-,14+,16+,17-,18+/m1/s1. The fraction of sp³-hybridized carbons (Fsp3) is 0.579. The predicted molar refractivity (Wildman–Crippen MR) is 94.8 cm³/mol. The van der Waals surface area contributed by atoms with Gasteiger partial charge in [-0.3, -0.25) is 9.69 Å². The summed E-state index contributed by atoms with van der Waals surface area (Å²) in [5.41, 5.74) is 5.57. The number of carbonyl (C=O) groups excluding carboxylic acids is 1. The topological polar surface area (TPSA) is 111 Å². The van der Waals surface area contributed by atoms with Crippen LogP contribution < -0.4 is 4.90 Å². The molecule has 1 spiro atoms. The van der Waals surface area contributed by atoms with Gasteiger partial charge in [-0.2, -0.15) is 18.4 Å². The van der Waals surface area contributed by atoms with E-state index in [9.17, 15) is 18.0 Å². The van der Waals surface area contributed by atoms with E-state index in [0.717, 1.165) is 12.1 Å². The molecule has 5 rings (SSSR count). The summed E-state index contributed by atoms with van der Waals surface area (Å²) in [6.07, 6.45) is -4.56. The maximum Gasteiger partial charge on any atom is 0.417 e. The van der Waals surface area contributed by atoms with E-state index in [1.807, 2.05) is 0 Å². The Hall–Kier alpha value is -2.80. The molecule has 1 unspecified atom stereocenters. The second kappa shape index (κ2) is 5.88. The molecule has 11 heteroatoms. The summed E-state index contributed by atoms with van der Waals surface area (Å²) in [4.78, 5) is 17.6. The fourth-order valence-electron chi connectivity index (χ4n) is 5.83. The Bertz CT molecular complexity index is 1050. The zero-order valence-electron chi connectivity index (χ0n) is 15.8. The molecule has 0 saturated carbocycles. The quantitative estimate of drug-likeness (QED) is 0.415. The van der Waals surface area contributed by atoms with Crippen molar-refractivity contribution in [1.29, 1.82) is 5.26 Å². The van der Waals surface area contributed by atoms with Crippen LogP contribution in [0.25, 0.3) is 10.4 Å². The van der Waals surface area contributed by atoms with Gasteiger partial charge in [-0.25, -0.2) is 0 Å². The maximum atomic E-state index is 13.5. The molecule has 0 N–H and O–H groups in total. The number of azide groups is 1. The van der Waals surface area contributed by atoms with Gasteiger partial charge in [0.1, 0.15) is 6.23 Å². The van der Waals surface area contributed by atoms with Gasteiger partial charge >= 0.3 is 6.18 Å². The molecule has 6 atom stereocenters. The van der Waals surface area contributed by atoms with Crippen molar-refractivity contribution in [3.05, 3.63) is 39.8 Å². The van der Waals surface area contributed by atoms with Crippen molar-refractivity contribution < 1.29 is 27.4 Å². The van der Waals surface area contributed by atoms with Gasteiger partial charge in [0.15, 0.2) is 0 Å². The van der Waals surface area contributed by atoms with Gasteiger partial charge in [-0.05, 0) is 37.1 Å². The molecular formula is C19H16F3N5O3. The van der Waals surface area contributed by atoms with Gasteiger partial charge in [-0.1, -0.05) is 5.11 Å². The molecule has 4 aliphatic rings. The molecule has 30 heavy (non-hydrogen) atoms. The summed E-state index contributed by atoms with van der Waals surface area (Å²) in [6, 6.07) is 4.21. The van der Waals surface area contributed by atoms with Crippen molar-refractivity contribution in [2.75, 3.05) is 11.5 Å². The number of halogens is 3. The first-order valence-corrected chi connectivity index (χ1v) is 9.47. The number of benzene rings is 1. The van der Waals surface area contributed by atoms with Crippen LogP contribution in [0, 0.1) is 23.2 Å². The highest BCUT2D eigenvalue weighted by atomic mass is 19.4. The third-order valence-electron chi connectivity index (χ3n) is 6.99. The molecule has 4 heterocycles. The Balaban J connectivity index is 1.62. The van der Waals surface area contributed by atoms with Crippen molar-refractivity contribution in [2.45, 2.75) is 49.4 Å². The summed E-state index contributed by atoms with van der Waals surface area (Å²) in [5.74, 6) is -1.50. The summed E-state index contributed by atoms with van der Waals surface area (Å²) >= 11 is 0. The van der Waals surface area contributed by atoms with Crippen molar-refractivity contribution in [1.82, 2.24) is 0 Å². The normalized spacial score (nSPS) is 38.9. The summed E-state index contributed by atoms with van der Waals surface area (Å²) in [7, 11) is 0. The minimum absolute atomic E-state index is 0.0195. The van der Waals surface area contributed by atoms with Crippen LogP contribution in [-0.2, 0) is 20.4 Å². The number of hydrogen-bond donors (Lipinski definition) is 0. The minimum Gasteiger partial charge on any atom is -0.367 e. The molecule has 0 aliphatic carbocycles. The van der Waals surface area contributed by atoms with Crippen LogP contribution in [0.1, 0.15) is 30.9 Å². The van der Waals surface area contributed by atoms with E-state index in [1.54, 1.807) is 13.0 Å². The number of ether oxygens (including phenoxy) is 2. The van der Waals surface area contributed by atoms with E-state index in [1.165, 1.54) is 11.0 Å². The van der Waals surface area contributed by atoms with Crippen LogP contribution in [-0.4, -0.2) is 36.0 Å². The zero-order chi connectivity index (χ0) is 21.5. The van der Waals surface area contributed by atoms with E-state index < -0.39 is 52.6 Å². The van der Waals surface area contributed by atoms with E-state index in [4.69, 9.17) is 20.3 Å². The van der Waals surface area contributed by atoms with Crippen LogP contribution in [0.3, 0.4) is 0 Å². The molecule has 4 aliphatic heterocycles. The molecule has 0 aromatic heterocycles. The molecule has 8 nitrogen and oxygen atoms in total. The number of amides is 1. The zero-order valence-corrected chi connectivity index (χ0v) is 15.8. The highest BCUT2D eigenvalue weighted by Gasteiger charge is 2.77. The van der Waals surface area contributed by atoms with Gasteiger partial charge < -0.3 is 9.47 Å². The molecule has 0 radical (unpaired) electrons. The molecule has 2 bridgehead atoms. The van der Waals surface area contributed by atoms with Crippen LogP contribution in [0.5, 0.6) is 0 Å². The third kappa shape index (κ3) is 2.24. The summed E-state index contributed by atoms with van der Waals surface area (Å²) < 4.78 is 52.6. The Morgan fingerprint density at radius 3 is 2.87 bits per heavy atom. The van der Waals surface area contributed by atoms with Crippen molar-refractivity contribution in [2.24, 2.45) is 17.0 Å². The van der Waals surface area contributed by atoms with Gasteiger partial charge in [0.05, 0.1) is 47.0 Å². The number of nitrogens with zero attached hydrogens (tertiary/aromatic N) is 5. The second-order valence-corrected chi connectivity index (χ2v) is 8.34. The number of hydrogen-bond acceptors (Lipinski definition) is 5. The largest absolute Gasteiger partial charge is 0.417 e. The molecule has 1 aromatic rings. The average Bonchev–Trinajstić information content (AvgIpc) is 3.25. The van der Waals surface area contributed by atoms with E-state index in [-0.39, 0.29) is 18.2 Å². The molecular weight excluding hydrogens is 403 g/mol. The van der Waals surface area contributed by atoms with Crippen LogP contribution >= 0.6 is 0 Å². The van der Waals surface area contributed by atoms with E-state index in [0.29, 0.717) is 12.8 Å². The summed E-state index contributed by atoms with van der Waals surface area (Å²) in [6.45, 7) is 1.99. The van der Waals surface area contributed by atoms with Gasteiger partial charge in [0, 0.05) is 22.9 Å². The average molecular weight is 419 g/mol. The first kappa shape index (κ1) is 19.2. The number of anilines is 1. The van der Waals surface area contributed by atoms with Crippen molar-refractivity contribution in [3.63, 3.8) is 0 Å². The lowest BCUT2D eigenvalue weighted by Crippen LogP contribution is -2.52. The Morgan fingerprint density at radius 1 is 1.43 bits per heavy atom. The highest BCUT2D eigenvalue weighted by Crippen LogP contribution is 2.66. The molecule has 4 fully saturated rings. The lowest BCUT2D eigenvalue weighted by atomic mass is 9.64. The van der Waals surface area contributed by atoms with E-state index in [2.05, 4.69) is 10.0 Å². The van der Waals surface area contributed by atoms with Gasteiger partial charge in [0.25, 0.3) is 0 Å². The monoisotopic (exact) mass is 419 g/mol. The van der Waals surface area contributed by atoms with Crippen molar-refractivity contribution >= 4 is 11.6 Å². The minimum atomic E-state index is -4.74. The number of rotatable bonds is 2. The van der Waals surface area contributed by atoms with E-state index >= 15 is 0 Å². The number of carbonyl (C=O) groups is 1. The van der Waals surface area contributed by atoms with Gasteiger partial charge in [0.2, 0.25) is 5.91 Å².